The molecule has 1 atom stereocenters. The number of ether oxygens (including phenoxy) is 2. The van der Waals surface area contributed by atoms with Crippen LogP contribution >= 0.6 is 0 Å². The lowest BCUT2D eigenvalue weighted by atomic mass is 9.80. The first kappa shape index (κ1) is 18.9. The second-order valence-electron chi connectivity index (χ2n) is 6.86. The average Bonchev–Trinajstić information content (AvgIpc) is 3.16. The zero-order chi connectivity index (χ0) is 20.1. The van der Waals surface area contributed by atoms with Gasteiger partial charge in [-0.05, 0) is 22.8 Å². The average molecular weight is 382 g/mol. The van der Waals surface area contributed by atoms with Gasteiger partial charge in [0.15, 0.2) is 0 Å². The van der Waals surface area contributed by atoms with E-state index in [0.717, 1.165) is 16.7 Å². The van der Waals surface area contributed by atoms with Gasteiger partial charge in [-0.2, -0.15) is 0 Å². The first-order valence-corrected chi connectivity index (χ1v) is 9.60. The van der Waals surface area contributed by atoms with E-state index in [0.29, 0.717) is 5.57 Å². The van der Waals surface area contributed by atoms with Crippen molar-refractivity contribution in [1.82, 2.24) is 0 Å². The summed E-state index contributed by atoms with van der Waals surface area (Å²) in [7, 11) is 0. The fourth-order valence-electron chi connectivity index (χ4n) is 3.72. The second kappa shape index (κ2) is 8.29. The molecule has 1 aliphatic rings. The van der Waals surface area contributed by atoms with Crippen LogP contribution in [0.3, 0.4) is 0 Å². The fourth-order valence-corrected chi connectivity index (χ4v) is 3.72. The molecule has 0 saturated carbocycles. The quantitative estimate of drug-likeness (QED) is 0.425. The van der Waals surface area contributed by atoms with Gasteiger partial charge in [0.1, 0.15) is 11.7 Å². The van der Waals surface area contributed by atoms with Gasteiger partial charge in [-0.15, -0.1) is 0 Å². The first-order chi connectivity index (χ1) is 14.2. The highest BCUT2D eigenvalue weighted by Crippen LogP contribution is 2.40. The van der Waals surface area contributed by atoms with Crippen molar-refractivity contribution >= 4 is 5.97 Å². The summed E-state index contributed by atoms with van der Waals surface area (Å²) in [5.41, 5.74) is 2.67. The molecule has 0 aliphatic carbocycles. The molecule has 1 heterocycles. The Morgan fingerprint density at radius 3 is 1.66 bits per heavy atom. The lowest BCUT2D eigenvalue weighted by molar-refractivity contribution is -0.143. The van der Waals surface area contributed by atoms with Crippen molar-refractivity contribution in [2.75, 3.05) is 6.61 Å². The fraction of sp³-hybridized carbons (Fsp3) is 0.115. The van der Waals surface area contributed by atoms with Crippen LogP contribution in [0.2, 0.25) is 0 Å². The molecule has 0 fully saturated rings. The minimum absolute atomic E-state index is 0.224. The summed E-state index contributed by atoms with van der Waals surface area (Å²) in [4.78, 5) is 11.9. The van der Waals surface area contributed by atoms with Crippen LogP contribution in [0.15, 0.2) is 115 Å². The molecule has 29 heavy (non-hydrogen) atoms. The topological polar surface area (TPSA) is 35.5 Å². The number of carbonyl (C=O) groups excluding carboxylic acids is 1. The van der Waals surface area contributed by atoms with Gasteiger partial charge in [-0.3, -0.25) is 0 Å². The van der Waals surface area contributed by atoms with Gasteiger partial charge < -0.3 is 9.47 Å². The summed E-state index contributed by atoms with van der Waals surface area (Å²) in [6, 6.07) is 30.4. The third kappa shape index (κ3) is 3.65. The molecule has 0 amide bonds. The van der Waals surface area contributed by atoms with Crippen molar-refractivity contribution in [3.05, 3.63) is 132 Å². The molecule has 1 aliphatic heterocycles. The van der Waals surface area contributed by atoms with Gasteiger partial charge in [0.25, 0.3) is 0 Å². The molecule has 3 aromatic carbocycles. The van der Waals surface area contributed by atoms with Crippen molar-refractivity contribution in [3.8, 4) is 0 Å². The number of rotatable bonds is 7. The number of hydrogen-bond donors (Lipinski definition) is 0. The molecule has 0 bridgehead atoms. The SMILES string of the molecule is C=CC1=CC(COC(c2ccccc2)(c2ccccc2)c2ccccc2)OC1=O. The second-order valence-corrected chi connectivity index (χ2v) is 6.86. The molecular weight excluding hydrogens is 360 g/mol. The predicted octanol–water partition coefficient (Wildman–Crippen LogP) is 5.03. The van der Waals surface area contributed by atoms with Crippen molar-refractivity contribution in [2.24, 2.45) is 0 Å². The van der Waals surface area contributed by atoms with E-state index < -0.39 is 11.7 Å². The summed E-state index contributed by atoms with van der Waals surface area (Å²) in [5.74, 6) is -0.363. The Kier molecular flexibility index (Phi) is 5.41. The molecule has 3 nitrogen and oxygen atoms in total. The van der Waals surface area contributed by atoms with E-state index in [-0.39, 0.29) is 12.6 Å². The molecule has 1 unspecified atom stereocenters. The number of hydrogen-bond acceptors (Lipinski definition) is 3. The molecule has 3 aromatic rings. The molecule has 0 aromatic heterocycles. The third-order valence-electron chi connectivity index (χ3n) is 5.08. The Bertz CT molecular complexity index is 911. The highest BCUT2D eigenvalue weighted by Gasteiger charge is 2.39. The van der Waals surface area contributed by atoms with E-state index in [4.69, 9.17) is 9.47 Å². The van der Waals surface area contributed by atoms with Gasteiger partial charge >= 0.3 is 5.97 Å². The first-order valence-electron chi connectivity index (χ1n) is 9.60. The predicted molar refractivity (Wildman–Crippen MR) is 113 cm³/mol. The Morgan fingerprint density at radius 2 is 1.28 bits per heavy atom. The van der Waals surface area contributed by atoms with Crippen LogP contribution in [-0.2, 0) is 19.9 Å². The van der Waals surface area contributed by atoms with Crippen LogP contribution in [0.1, 0.15) is 16.7 Å². The number of carbonyl (C=O) groups is 1. The molecule has 0 saturated heterocycles. The van der Waals surface area contributed by atoms with E-state index in [9.17, 15) is 4.79 Å². The lowest BCUT2D eigenvalue weighted by Gasteiger charge is -2.36. The van der Waals surface area contributed by atoms with Gasteiger partial charge in [-0.25, -0.2) is 4.79 Å². The van der Waals surface area contributed by atoms with Crippen LogP contribution in [0.5, 0.6) is 0 Å². The van der Waals surface area contributed by atoms with E-state index in [1.807, 2.05) is 54.6 Å². The number of cyclic esters (lactones) is 1. The van der Waals surface area contributed by atoms with E-state index in [1.165, 1.54) is 6.08 Å². The minimum Gasteiger partial charge on any atom is -0.452 e. The van der Waals surface area contributed by atoms with Crippen LogP contribution in [0, 0.1) is 0 Å². The van der Waals surface area contributed by atoms with E-state index >= 15 is 0 Å². The highest BCUT2D eigenvalue weighted by atomic mass is 16.6. The van der Waals surface area contributed by atoms with Crippen LogP contribution in [0.25, 0.3) is 0 Å². The van der Waals surface area contributed by atoms with Crippen molar-refractivity contribution in [3.63, 3.8) is 0 Å². The largest absolute Gasteiger partial charge is 0.452 e. The Balaban J connectivity index is 1.81. The molecule has 0 N–H and O–H groups in total. The van der Waals surface area contributed by atoms with Crippen molar-refractivity contribution < 1.29 is 14.3 Å². The van der Waals surface area contributed by atoms with Crippen LogP contribution < -0.4 is 0 Å². The number of esters is 1. The summed E-state index contributed by atoms with van der Waals surface area (Å²) >= 11 is 0. The maximum Gasteiger partial charge on any atom is 0.338 e. The van der Waals surface area contributed by atoms with Gasteiger partial charge in [0.05, 0.1) is 12.2 Å². The zero-order valence-corrected chi connectivity index (χ0v) is 16.0. The highest BCUT2D eigenvalue weighted by molar-refractivity contribution is 5.93. The Morgan fingerprint density at radius 1 is 0.828 bits per heavy atom. The molecule has 3 heteroatoms. The smallest absolute Gasteiger partial charge is 0.338 e. The third-order valence-corrected chi connectivity index (χ3v) is 5.08. The standard InChI is InChI=1S/C26H22O3/c1-2-20-18-24(29-25(20)27)19-28-26(21-12-6-3-7-13-21,22-14-8-4-9-15-22)23-16-10-5-11-17-23/h2-18,24H,1,19H2. The number of benzene rings is 3. The summed E-state index contributed by atoms with van der Waals surface area (Å²) in [6.07, 6.45) is 2.83. The molecule has 0 radical (unpaired) electrons. The maximum absolute atomic E-state index is 11.9. The van der Waals surface area contributed by atoms with Crippen LogP contribution in [-0.4, -0.2) is 18.7 Å². The summed E-state index contributed by atoms with van der Waals surface area (Å²) in [6.45, 7) is 3.89. The molecule has 4 rings (SSSR count). The van der Waals surface area contributed by atoms with E-state index in [2.05, 4.69) is 43.0 Å². The normalized spacial score (nSPS) is 16.2. The van der Waals surface area contributed by atoms with Crippen molar-refractivity contribution in [1.29, 1.82) is 0 Å². The Labute approximate surface area is 170 Å². The molecule has 0 spiro atoms. The van der Waals surface area contributed by atoms with E-state index in [1.54, 1.807) is 6.08 Å². The van der Waals surface area contributed by atoms with Crippen molar-refractivity contribution in [2.45, 2.75) is 11.7 Å². The summed E-state index contributed by atoms with van der Waals surface area (Å²) < 4.78 is 12.1. The van der Waals surface area contributed by atoms with Crippen LogP contribution in [0.4, 0.5) is 0 Å². The van der Waals surface area contributed by atoms with Gasteiger partial charge in [0, 0.05) is 0 Å². The lowest BCUT2D eigenvalue weighted by Crippen LogP contribution is -2.35. The van der Waals surface area contributed by atoms with Gasteiger partial charge in [-0.1, -0.05) is 104 Å². The summed E-state index contributed by atoms with van der Waals surface area (Å²) in [5, 5.41) is 0. The molecule has 144 valence electrons. The monoisotopic (exact) mass is 382 g/mol. The zero-order valence-electron chi connectivity index (χ0n) is 16.0. The minimum atomic E-state index is -0.832. The maximum atomic E-state index is 11.9. The van der Waals surface area contributed by atoms with Gasteiger partial charge in [0.2, 0.25) is 0 Å². The Hall–Kier alpha value is -3.43. The molecular formula is C26H22O3.